The zero-order valence-electron chi connectivity index (χ0n) is 22.9. The van der Waals surface area contributed by atoms with Gasteiger partial charge in [-0.1, -0.05) is 6.07 Å². The smallest absolute Gasteiger partial charge is 0.229 e. The molecule has 214 valence electrons. The van der Waals surface area contributed by atoms with E-state index in [1.807, 2.05) is 39.0 Å². The Kier molecular flexibility index (Phi) is 7.48. The molecule has 1 aromatic carbocycles. The number of hydrogen-bond donors (Lipinski definition) is 3. The van der Waals surface area contributed by atoms with Crippen molar-refractivity contribution in [2.75, 3.05) is 35.1 Å². The third-order valence-corrected chi connectivity index (χ3v) is 10.2. The number of aryl methyl sites for hydroxylation is 2. The predicted octanol–water partition coefficient (Wildman–Crippen LogP) is 4.31. The number of hydrogen-bond acceptors (Lipinski definition) is 7. The number of sulfonamides is 2. The molecule has 11 nitrogen and oxygen atoms in total. The molecule has 0 bridgehead atoms. The Labute approximate surface area is 242 Å². The molecule has 1 atom stereocenters. The summed E-state index contributed by atoms with van der Waals surface area (Å²) in [5, 5.41) is 3.50. The number of H-pyrrole nitrogens is 1. The monoisotopic (exact) mass is 649 g/mol. The van der Waals surface area contributed by atoms with E-state index < -0.39 is 20.0 Å². The maximum Gasteiger partial charge on any atom is 0.229 e. The number of halogens is 1. The SMILES string of the molecule is CCS(=O)(=O)N1CCC(Nc2c(Br)cnc3[nH]c(-c4cc(C)n(-c5cc(NS(C)(=O)=O)ccc5C)c4C)nc23)C1. The maximum atomic E-state index is 12.3. The van der Waals surface area contributed by atoms with Crippen molar-refractivity contribution < 1.29 is 16.8 Å². The van der Waals surface area contributed by atoms with E-state index >= 15 is 0 Å². The standard InChI is InChI=1S/C26H32BrN7O4S2/c1-6-40(37,38)33-10-9-19(14-33)29-23-21(27)13-28-26-24(23)30-25(31-26)20-11-16(3)34(17(20)4)22-12-18(8-7-15(22)2)32-39(5,35)36/h7-8,11-13,19,32H,6,9-10,14H2,1-5H3,(H2,28,29,30,31). The molecule has 0 saturated carbocycles. The maximum absolute atomic E-state index is 12.3. The molecule has 0 spiro atoms. The average Bonchev–Trinajstić information content (AvgIpc) is 3.59. The lowest BCUT2D eigenvalue weighted by Crippen LogP contribution is -2.32. The van der Waals surface area contributed by atoms with Gasteiger partial charge >= 0.3 is 0 Å². The van der Waals surface area contributed by atoms with Gasteiger partial charge in [-0.3, -0.25) is 4.72 Å². The van der Waals surface area contributed by atoms with Crippen molar-refractivity contribution in [1.29, 1.82) is 0 Å². The van der Waals surface area contributed by atoms with Gasteiger partial charge in [-0.25, -0.2) is 26.8 Å². The van der Waals surface area contributed by atoms with Crippen molar-refractivity contribution in [2.24, 2.45) is 0 Å². The summed E-state index contributed by atoms with van der Waals surface area (Å²) >= 11 is 3.59. The van der Waals surface area contributed by atoms with Gasteiger partial charge in [0.25, 0.3) is 0 Å². The van der Waals surface area contributed by atoms with Gasteiger partial charge < -0.3 is 14.9 Å². The van der Waals surface area contributed by atoms with E-state index in [2.05, 4.69) is 40.5 Å². The second-order valence-corrected chi connectivity index (χ2v) is 15.0. The number of pyridine rings is 1. The zero-order valence-corrected chi connectivity index (χ0v) is 26.1. The van der Waals surface area contributed by atoms with Crippen LogP contribution in [-0.4, -0.2) is 71.8 Å². The van der Waals surface area contributed by atoms with Crippen LogP contribution in [0, 0.1) is 20.8 Å². The molecule has 5 rings (SSSR count). The van der Waals surface area contributed by atoms with Crippen molar-refractivity contribution in [3.63, 3.8) is 0 Å². The fraction of sp³-hybridized carbons (Fsp3) is 0.385. The number of benzene rings is 1. The first-order valence-electron chi connectivity index (χ1n) is 12.8. The van der Waals surface area contributed by atoms with Gasteiger partial charge in [0, 0.05) is 42.3 Å². The molecule has 0 aliphatic carbocycles. The van der Waals surface area contributed by atoms with Crippen molar-refractivity contribution >= 4 is 58.5 Å². The highest BCUT2D eigenvalue weighted by atomic mass is 79.9. The van der Waals surface area contributed by atoms with E-state index in [4.69, 9.17) is 4.98 Å². The van der Waals surface area contributed by atoms with Gasteiger partial charge in [-0.15, -0.1) is 0 Å². The highest BCUT2D eigenvalue weighted by Gasteiger charge is 2.31. The van der Waals surface area contributed by atoms with E-state index in [1.54, 1.807) is 19.2 Å². The number of nitrogens with one attached hydrogen (secondary N) is 3. The van der Waals surface area contributed by atoms with Gasteiger partial charge in [-0.2, -0.15) is 4.31 Å². The van der Waals surface area contributed by atoms with E-state index in [-0.39, 0.29) is 11.8 Å². The summed E-state index contributed by atoms with van der Waals surface area (Å²) in [6.07, 6.45) is 3.53. The fourth-order valence-corrected chi connectivity index (χ4v) is 7.30. The zero-order chi connectivity index (χ0) is 29.0. The van der Waals surface area contributed by atoms with E-state index in [0.717, 1.165) is 44.6 Å². The van der Waals surface area contributed by atoms with E-state index in [1.165, 1.54) is 4.31 Å². The molecule has 0 amide bonds. The van der Waals surface area contributed by atoms with Crippen LogP contribution in [0.15, 0.2) is 34.9 Å². The minimum Gasteiger partial charge on any atom is -0.378 e. The molecular weight excluding hydrogens is 618 g/mol. The number of aromatic nitrogens is 4. The predicted molar refractivity (Wildman–Crippen MR) is 162 cm³/mol. The Morgan fingerprint density at radius 3 is 2.60 bits per heavy atom. The summed E-state index contributed by atoms with van der Waals surface area (Å²) in [6, 6.07) is 7.44. The number of fused-ring (bicyclic) bond motifs is 1. The molecule has 1 fully saturated rings. The van der Waals surface area contributed by atoms with Crippen molar-refractivity contribution in [3.05, 3.63) is 51.9 Å². The van der Waals surface area contributed by atoms with E-state index in [0.29, 0.717) is 42.2 Å². The fourth-order valence-electron chi connectivity index (χ4n) is 5.18. The van der Waals surface area contributed by atoms with Crippen LogP contribution in [0.3, 0.4) is 0 Å². The lowest BCUT2D eigenvalue weighted by molar-refractivity contribution is 0.476. The minimum atomic E-state index is -3.41. The Balaban J connectivity index is 1.51. The first-order valence-corrected chi connectivity index (χ1v) is 17.1. The Hall–Kier alpha value is -2.94. The normalized spacial score (nSPS) is 16.6. The molecule has 3 aromatic heterocycles. The number of imidazole rings is 1. The third-order valence-electron chi connectivity index (χ3n) is 7.16. The van der Waals surface area contributed by atoms with Gasteiger partial charge in [0.1, 0.15) is 11.3 Å². The van der Waals surface area contributed by atoms with Crippen LogP contribution in [0.25, 0.3) is 28.2 Å². The molecular formula is C26H32BrN7O4S2. The molecule has 1 aliphatic heterocycles. The van der Waals surface area contributed by atoms with Crippen LogP contribution < -0.4 is 10.0 Å². The Morgan fingerprint density at radius 1 is 1.15 bits per heavy atom. The molecule has 0 radical (unpaired) electrons. The number of aromatic amines is 1. The summed E-state index contributed by atoms with van der Waals surface area (Å²) in [5.41, 5.74) is 7.15. The largest absolute Gasteiger partial charge is 0.378 e. The highest BCUT2D eigenvalue weighted by molar-refractivity contribution is 9.10. The number of rotatable bonds is 8. The lowest BCUT2D eigenvalue weighted by atomic mass is 10.1. The summed E-state index contributed by atoms with van der Waals surface area (Å²) < 4.78 is 55.2. The molecule has 3 N–H and O–H groups in total. The molecule has 14 heteroatoms. The van der Waals surface area contributed by atoms with Crippen LogP contribution in [0.2, 0.25) is 0 Å². The van der Waals surface area contributed by atoms with Crippen LogP contribution in [0.1, 0.15) is 30.3 Å². The minimum absolute atomic E-state index is 0.0516. The van der Waals surface area contributed by atoms with Gasteiger partial charge in [0.2, 0.25) is 20.0 Å². The van der Waals surface area contributed by atoms with Gasteiger partial charge in [-0.05, 0) is 73.8 Å². The van der Waals surface area contributed by atoms with Gasteiger partial charge in [0.15, 0.2) is 5.65 Å². The molecule has 4 aromatic rings. The molecule has 40 heavy (non-hydrogen) atoms. The first kappa shape index (κ1) is 28.6. The lowest BCUT2D eigenvalue weighted by Gasteiger charge is -2.17. The van der Waals surface area contributed by atoms with Gasteiger partial charge in [0.05, 0.1) is 33.5 Å². The van der Waals surface area contributed by atoms with Crippen LogP contribution in [0.4, 0.5) is 11.4 Å². The summed E-state index contributed by atoms with van der Waals surface area (Å²) in [4.78, 5) is 12.8. The molecule has 1 aliphatic rings. The molecule has 4 heterocycles. The number of anilines is 2. The Bertz CT molecular complexity index is 1830. The van der Waals surface area contributed by atoms with E-state index in [9.17, 15) is 16.8 Å². The quantitative estimate of drug-likeness (QED) is 0.258. The molecule has 1 unspecified atom stereocenters. The number of nitrogens with zero attached hydrogens (tertiary/aromatic N) is 4. The van der Waals surface area contributed by atoms with Crippen LogP contribution >= 0.6 is 15.9 Å². The van der Waals surface area contributed by atoms with Crippen molar-refractivity contribution in [2.45, 2.75) is 40.2 Å². The second kappa shape index (κ2) is 10.5. The van der Waals surface area contributed by atoms with Crippen molar-refractivity contribution in [1.82, 2.24) is 23.8 Å². The summed E-state index contributed by atoms with van der Waals surface area (Å²) in [7, 11) is -6.65. The topological polar surface area (TPSA) is 142 Å². The highest BCUT2D eigenvalue weighted by Crippen LogP contribution is 2.35. The van der Waals surface area contributed by atoms with Crippen LogP contribution in [-0.2, 0) is 20.0 Å². The first-order chi connectivity index (χ1) is 18.8. The third kappa shape index (κ3) is 5.49. The van der Waals surface area contributed by atoms with Crippen LogP contribution in [0.5, 0.6) is 0 Å². The van der Waals surface area contributed by atoms with Crippen molar-refractivity contribution in [3.8, 4) is 17.1 Å². The average molecular weight is 651 g/mol. The Morgan fingerprint density at radius 2 is 1.90 bits per heavy atom. The molecule has 1 saturated heterocycles. The second-order valence-electron chi connectivity index (χ2n) is 10.1. The summed E-state index contributed by atoms with van der Waals surface area (Å²) in [6.45, 7) is 8.51. The summed E-state index contributed by atoms with van der Waals surface area (Å²) in [5.74, 6) is 0.731.